The van der Waals surface area contributed by atoms with Gasteiger partial charge in [-0.1, -0.05) is 31.2 Å². The van der Waals surface area contributed by atoms with E-state index in [9.17, 15) is 9.59 Å². The van der Waals surface area contributed by atoms with E-state index >= 15 is 0 Å². The van der Waals surface area contributed by atoms with Crippen molar-refractivity contribution in [2.24, 2.45) is 0 Å². The third-order valence-electron chi connectivity index (χ3n) is 6.59. The van der Waals surface area contributed by atoms with Crippen molar-refractivity contribution in [3.8, 4) is 5.75 Å². The van der Waals surface area contributed by atoms with Crippen LogP contribution in [0.5, 0.6) is 5.75 Å². The molecule has 2 heterocycles. The van der Waals surface area contributed by atoms with Crippen LogP contribution in [0.1, 0.15) is 58.3 Å². The molecule has 1 aliphatic rings. The summed E-state index contributed by atoms with van der Waals surface area (Å²) >= 11 is 0. The average molecular weight is 454 g/mol. The summed E-state index contributed by atoms with van der Waals surface area (Å²) < 4.78 is 11.9. The summed E-state index contributed by atoms with van der Waals surface area (Å²) in [5, 5.41) is 0.490. The van der Waals surface area contributed by atoms with E-state index in [1.807, 2.05) is 81.4 Å². The lowest BCUT2D eigenvalue weighted by atomic mass is 9.97. The van der Waals surface area contributed by atoms with E-state index in [0.717, 1.165) is 28.8 Å². The Morgan fingerprint density at radius 3 is 2.38 bits per heavy atom. The Morgan fingerprint density at radius 2 is 1.68 bits per heavy atom. The number of anilines is 1. The summed E-state index contributed by atoms with van der Waals surface area (Å²) in [5.74, 6) is 0.481. The van der Waals surface area contributed by atoms with Gasteiger partial charge >= 0.3 is 0 Å². The molecule has 34 heavy (non-hydrogen) atoms. The Bertz CT molecular complexity index is 1470. The van der Waals surface area contributed by atoms with E-state index in [-0.39, 0.29) is 17.1 Å². The maximum atomic E-state index is 13.8. The van der Waals surface area contributed by atoms with Crippen molar-refractivity contribution in [2.45, 2.75) is 40.2 Å². The quantitative estimate of drug-likeness (QED) is 0.365. The van der Waals surface area contributed by atoms with Crippen LogP contribution in [-0.2, 0) is 6.42 Å². The van der Waals surface area contributed by atoms with Gasteiger partial charge in [-0.15, -0.1) is 0 Å². The van der Waals surface area contributed by atoms with Crippen molar-refractivity contribution in [1.29, 1.82) is 0 Å². The van der Waals surface area contributed by atoms with E-state index < -0.39 is 6.04 Å². The van der Waals surface area contributed by atoms with E-state index in [1.165, 1.54) is 5.56 Å². The first-order chi connectivity index (χ1) is 16.4. The van der Waals surface area contributed by atoms with Crippen molar-refractivity contribution in [1.82, 2.24) is 0 Å². The van der Waals surface area contributed by atoms with Crippen molar-refractivity contribution >= 4 is 22.6 Å². The molecule has 5 nitrogen and oxygen atoms in total. The van der Waals surface area contributed by atoms with E-state index in [2.05, 4.69) is 6.92 Å². The van der Waals surface area contributed by atoms with Crippen LogP contribution in [-0.4, -0.2) is 12.5 Å². The fraction of sp³-hybridized carbons (Fsp3) is 0.241. The van der Waals surface area contributed by atoms with E-state index in [4.69, 9.17) is 9.15 Å². The summed E-state index contributed by atoms with van der Waals surface area (Å²) in [5.41, 5.74) is 5.34. The Balaban J connectivity index is 1.78. The summed E-state index contributed by atoms with van der Waals surface area (Å²) in [4.78, 5) is 29.3. The summed E-state index contributed by atoms with van der Waals surface area (Å²) in [6, 6.07) is 18.5. The molecular formula is C29H27NO4. The normalized spacial score (nSPS) is 15.1. The molecule has 4 aromatic rings. The fourth-order valence-electron chi connectivity index (χ4n) is 4.64. The second-order valence-electron chi connectivity index (χ2n) is 8.71. The topological polar surface area (TPSA) is 59.8 Å². The van der Waals surface area contributed by atoms with Gasteiger partial charge in [0.05, 0.1) is 23.6 Å². The van der Waals surface area contributed by atoms with Crippen LogP contribution < -0.4 is 15.1 Å². The number of fused-ring (bicyclic) bond motifs is 2. The van der Waals surface area contributed by atoms with Gasteiger partial charge in [0, 0.05) is 5.69 Å². The van der Waals surface area contributed by atoms with Gasteiger partial charge in [-0.05, 0) is 85.8 Å². The molecule has 1 atom stereocenters. The highest BCUT2D eigenvalue weighted by atomic mass is 16.5. The Hall–Kier alpha value is -3.86. The standard InChI is InChI=1S/C29H27NO4/c1-5-19-10-12-21(13-11-19)30-26(20-8-7-9-22(16-20)33-6-2)25-27(31)23-14-17(3)18(4)15-24(23)34-28(25)29(30)32/h7-16,26H,5-6H2,1-4H3. The third kappa shape index (κ3) is 3.48. The number of amides is 1. The van der Waals surface area contributed by atoms with Crippen LogP contribution in [0.3, 0.4) is 0 Å². The van der Waals surface area contributed by atoms with Crippen LogP contribution >= 0.6 is 0 Å². The number of aryl methyl sites for hydroxylation is 3. The van der Waals surface area contributed by atoms with Gasteiger partial charge in [0.1, 0.15) is 11.3 Å². The molecule has 172 valence electrons. The number of hydrogen-bond acceptors (Lipinski definition) is 4. The van der Waals surface area contributed by atoms with Gasteiger partial charge in [0.25, 0.3) is 5.91 Å². The SMILES string of the molecule is CCOc1cccc(C2c3c(oc4cc(C)c(C)cc4c3=O)C(=O)N2c2ccc(CC)cc2)c1. The van der Waals surface area contributed by atoms with Gasteiger partial charge in [0.15, 0.2) is 5.43 Å². The molecule has 0 radical (unpaired) electrons. The third-order valence-corrected chi connectivity index (χ3v) is 6.59. The molecule has 5 heteroatoms. The zero-order chi connectivity index (χ0) is 24.0. The van der Waals surface area contributed by atoms with Gasteiger partial charge in [-0.25, -0.2) is 0 Å². The molecule has 0 saturated carbocycles. The smallest absolute Gasteiger partial charge is 0.295 e. The van der Waals surface area contributed by atoms with Gasteiger partial charge < -0.3 is 9.15 Å². The van der Waals surface area contributed by atoms with Crippen molar-refractivity contribution in [2.75, 3.05) is 11.5 Å². The monoisotopic (exact) mass is 453 g/mol. The average Bonchev–Trinajstić information content (AvgIpc) is 3.13. The first-order valence-electron chi connectivity index (χ1n) is 11.7. The molecule has 0 saturated heterocycles. The Morgan fingerprint density at radius 1 is 0.941 bits per heavy atom. The number of ether oxygens (including phenoxy) is 1. The molecule has 5 rings (SSSR count). The fourth-order valence-corrected chi connectivity index (χ4v) is 4.64. The zero-order valence-corrected chi connectivity index (χ0v) is 19.8. The lowest BCUT2D eigenvalue weighted by Crippen LogP contribution is -2.29. The highest BCUT2D eigenvalue weighted by Gasteiger charge is 2.43. The maximum absolute atomic E-state index is 13.8. The number of rotatable bonds is 5. The van der Waals surface area contributed by atoms with Crippen LogP contribution in [0.4, 0.5) is 5.69 Å². The Labute approximate surface area is 198 Å². The van der Waals surface area contributed by atoms with Gasteiger partial charge in [-0.2, -0.15) is 0 Å². The Kier molecular flexibility index (Phi) is 5.48. The highest BCUT2D eigenvalue weighted by Crippen LogP contribution is 2.42. The molecule has 1 aromatic heterocycles. The molecule has 3 aromatic carbocycles. The number of carbonyl (C=O) groups excluding carboxylic acids is 1. The van der Waals surface area contributed by atoms with Gasteiger partial charge in [-0.3, -0.25) is 14.5 Å². The second kappa shape index (κ2) is 8.49. The molecule has 1 aliphatic heterocycles. The largest absolute Gasteiger partial charge is 0.494 e. The minimum absolute atomic E-state index is 0.104. The molecule has 0 fully saturated rings. The first kappa shape index (κ1) is 22.0. The molecule has 0 N–H and O–H groups in total. The zero-order valence-electron chi connectivity index (χ0n) is 19.8. The maximum Gasteiger partial charge on any atom is 0.295 e. The summed E-state index contributed by atoms with van der Waals surface area (Å²) in [7, 11) is 0. The number of hydrogen-bond donors (Lipinski definition) is 0. The minimum atomic E-state index is -0.613. The molecule has 0 bridgehead atoms. The molecule has 1 amide bonds. The lowest BCUT2D eigenvalue weighted by Gasteiger charge is -2.25. The second-order valence-corrected chi connectivity index (χ2v) is 8.71. The van der Waals surface area contributed by atoms with Crippen LogP contribution in [0.2, 0.25) is 0 Å². The predicted octanol–water partition coefficient (Wildman–Crippen LogP) is 6.12. The summed E-state index contributed by atoms with van der Waals surface area (Å²) in [6.45, 7) is 8.47. The lowest BCUT2D eigenvalue weighted by molar-refractivity contribution is 0.0971. The van der Waals surface area contributed by atoms with Crippen LogP contribution in [0, 0.1) is 13.8 Å². The van der Waals surface area contributed by atoms with E-state index in [0.29, 0.717) is 28.9 Å². The molecule has 1 unspecified atom stereocenters. The van der Waals surface area contributed by atoms with Gasteiger partial charge in [0.2, 0.25) is 5.76 Å². The van der Waals surface area contributed by atoms with Crippen LogP contribution in [0.15, 0.2) is 69.9 Å². The molecule has 0 spiro atoms. The predicted molar refractivity (Wildman–Crippen MR) is 134 cm³/mol. The summed E-state index contributed by atoms with van der Waals surface area (Å²) in [6.07, 6.45) is 0.901. The van der Waals surface area contributed by atoms with Crippen molar-refractivity contribution in [3.05, 3.63) is 104 Å². The molecule has 0 aliphatic carbocycles. The minimum Gasteiger partial charge on any atom is -0.494 e. The highest BCUT2D eigenvalue weighted by molar-refractivity contribution is 6.10. The number of nitrogens with zero attached hydrogens (tertiary/aromatic N) is 1. The number of benzene rings is 3. The van der Waals surface area contributed by atoms with Crippen molar-refractivity contribution < 1.29 is 13.9 Å². The first-order valence-corrected chi connectivity index (χ1v) is 11.7. The number of carbonyl (C=O) groups is 1. The molecular weight excluding hydrogens is 426 g/mol. The van der Waals surface area contributed by atoms with Crippen LogP contribution in [0.25, 0.3) is 11.0 Å². The van der Waals surface area contributed by atoms with E-state index in [1.54, 1.807) is 4.90 Å². The van der Waals surface area contributed by atoms with Crippen molar-refractivity contribution in [3.63, 3.8) is 0 Å².